The number of nitrogen functional groups attached to an aromatic ring is 1. The number of hydrazine groups is 1. The average Bonchev–Trinajstić information content (AvgIpc) is 2.46. The average molecular weight is 260 g/mol. The van der Waals surface area contributed by atoms with E-state index in [0.717, 1.165) is 11.8 Å². The molecule has 0 aliphatic carbocycles. The van der Waals surface area contributed by atoms with Crippen molar-refractivity contribution < 1.29 is 9.13 Å². The zero-order chi connectivity index (χ0) is 13.5. The van der Waals surface area contributed by atoms with Crippen molar-refractivity contribution in [2.45, 2.75) is 0 Å². The summed E-state index contributed by atoms with van der Waals surface area (Å²) in [7, 11) is 0. The number of nitrogens with zero attached hydrogens (tertiary/aromatic N) is 2. The molecular formula is C13H13FN4O. The van der Waals surface area contributed by atoms with Crippen LogP contribution in [0.4, 0.5) is 10.3 Å². The first-order chi connectivity index (χ1) is 9.29. The smallest absolute Gasteiger partial charge is 0.255 e. The van der Waals surface area contributed by atoms with Gasteiger partial charge in [0.15, 0.2) is 0 Å². The van der Waals surface area contributed by atoms with E-state index in [1.54, 1.807) is 6.08 Å². The second kappa shape index (κ2) is 6.46. The fourth-order valence-corrected chi connectivity index (χ4v) is 1.40. The van der Waals surface area contributed by atoms with Crippen LogP contribution in [0.3, 0.4) is 0 Å². The zero-order valence-electron chi connectivity index (χ0n) is 10.1. The van der Waals surface area contributed by atoms with Gasteiger partial charge in [-0.05, 0) is 11.6 Å². The molecule has 0 fully saturated rings. The first-order valence-electron chi connectivity index (χ1n) is 5.63. The van der Waals surface area contributed by atoms with Gasteiger partial charge < -0.3 is 4.74 Å². The second-order valence-corrected chi connectivity index (χ2v) is 3.62. The van der Waals surface area contributed by atoms with Gasteiger partial charge in [0.25, 0.3) is 5.88 Å². The summed E-state index contributed by atoms with van der Waals surface area (Å²) in [4.78, 5) is 7.37. The molecule has 0 atom stereocenters. The Kier molecular flexibility index (Phi) is 4.41. The molecule has 0 spiro atoms. The van der Waals surface area contributed by atoms with E-state index in [2.05, 4.69) is 15.4 Å². The molecule has 2 rings (SSSR count). The van der Waals surface area contributed by atoms with Gasteiger partial charge in [0.05, 0.1) is 6.20 Å². The standard InChI is InChI=1S/C13H13FN4O/c14-11-9-16-13(18-15)17-12(11)19-8-4-7-10-5-2-1-3-6-10/h1-7,9H,8,15H2,(H,16,17,18)/b7-4+. The highest BCUT2D eigenvalue weighted by Crippen LogP contribution is 2.13. The molecule has 0 amide bonds. The summed E-state index contributed by atoms with van der Waals surface area (Å²) in [6.45, 7) is 0.201. The number of aromatic nitrogens is 2. The highest BCUT2D eigenvalue weighted by Gasteiger charge is 2.06. The van der Waals surface area contributed by atoms with Gasteiger partial charge in [-0.2, -0.15) is 9.37 Å². The largest absolute Gasteiger partial charge is 0.471 e. The van der Waals surface area contributed by atoms with E-state index >= 15 is 0 Å². The minimum atomic E-state index is -0.632. The quantitative estimate of drug-likeness (QED) is 0.635. The number of anilines is 1. The van der Waals surface area contributed by atoms with Crippen LogP contribution < -0.4 is 16.0 Å². The molecule has 98 valence electrons. The van der Waals surface area contributed by atoms with Crippen molar-refractivity contribution in [1.29, 1.82) is 0 Å². The lowest BCUT2D eigenvalue weighted by molar-refractivity contribution is 0.326. The maximum Gasteiger partial charge on any atom is 0.255 e. The molecule has 0 bridgehead atoms. The van der Waals surface area contributed by atoms with Crippen molar-refractivity contribution in [3.8, 4) is 5.88 Å². The zero-order valence-corrected chi connectivity index (χ0v) is 10.1. The topological polar surface area (TPSA) is 73.1 Å². The fraction of sp³-hybridized carbons (Fsp3) is 0.0769. The van der Waals surface area contributed by atoms with Crippen LogP contribution in [0.25, 0.3) is 6.08 Å². The highest BCUT2D eigenvalue weighted by molar-refractivity contribution is 5.48. The monoisotopic (exact) mass is 260 g/mol. The van der Waals surface area contributed by atoms with Crippen LogP contribution in [-0.2, 0) is 0 Å². The van der Waals surface area contributed by atoms with E-state index < -0.39 is 5.82 Å². The van der Waals surface area contributed by atoms with Crippen molar-refractivity contribution in [3.05, 3.63) is 54.0 Å². The number of hydrogen-bond donors (Lipinski definition) is 2. The molecule has 2 aromatic rings. The van der Waals surface area contributed by atoms with E-state index in [9.17, 15) is 4.39 Å². The summed E-state index contributed by atoms with van der Waals surface area (Å²) < 4.78 is 18.5. The molecule has 6 heteroatoms. The molecule has 0 saturated heterocycles. The van der Waals surface area contributed by atoms with Gasteiger partial charge >= 0.3 is 0 Å². The molecule has 0 aliphatic rings. The van der Waals surface area contributed by atoms with Crippen LogP contribution in [0.15, 0.2) is 42.6 Å². The number of nitrogens with two attached hydrogens (primary N) is 1. The molecule has 0 radical (unpaired) electrons. The molecular weight excluding hydrogens is 247 g/mol. The first-order valence-corrected chi connectivity index (χ1v) is 5.63. The summed E-state index contributed by atoms with van der Waals surface area (Å²) in [6, 6.07) is 9.72. The molecule has 1 aromatic carbocycles. The van der Waals surface area contributed by atoms with E-state index in [0.29, 0.717) is 0 Å². The van der Waals surface area contributed by atoms with Crippen molar-refractivity contribution in [1.82, 2.24) is 9.97 Å². The highest BCUT2D eigenvalue weighted by atomic mass is 19.1. The lowest BCUT2D eigenvalue weighted by Crippen LogP contribution is -2.11. The van der Waals surface area contributed by atoms with Crippen molar-refractivity contribution in [2.75, 3.05) is 12.0 Å². The van der Waals surface area contributed by atoms with Crippen LogP contribution in [-0.4, -0.2) is 16.6 Å². The molecule has 0 unspecified atom stereocenters. The molecule has 1 aromatic heterocycles. The van der Waals surface area contributed by atoms with Crippen LogP contribution >= 0.6 is 0 Å². The molecule has 0 aliphatic heterocycles. The Morgan fingerprint density at radius 1 is 1.32 bits per heavy atom. The van der Waals surface area contributed by atoms with Crippen molar-refractivity contribution in [2.24, 2.45) is 5.84 Å². The van der Waals surface area contributed by atoms with Gasteiger partial charge in [0, 0.05) is 0 Å². The Balaban J connectivity index is 1.94. The number of nitrogens with one attached hydrogen (secondary N) is 1. The van der Waals surface area contributed by atoms with Crippen LogP contribution in [0, 0.1) is 5.82 Å². The van der Waals surface area contributed by atoms with Gasteiger partial charge in [0.2, 0.25) is 11.8 Å². The minimum absolute atomic E-state index is 0.100. The summed E-state index contributed by atoms with van der Waals surface area (Å²) >= 11 is 0. The van der Waals surface area contributed by atoms with E-state index in [-0.39, 0.29) is 18.4 Å². The van der Waals surface area contributed by atoms with Crippen LogP contribution in [0.1, 0.15) is 5.56 Å². The van der Waals surface area contributed by atoms with Gasteiger partial charge in [-0.1, -0.05) is 36.4 Å². The Morgan fingerprint density at radius 3 is 2.84 bits per heavy atom. The second-order valence-electron chi connectivity index (χ2n) is 3.62. The number of hydrogen-bond acceptors (Lipinski definition) is 5. The predicted octanol–water partition coefficient (Wildman–Crippen LogP) is 1.99. The summed E-state index contributed by atoms with van der Waals surface area (Å²) in [5.41, 5.74) is 3.26. The molecule has 5 nitrogen and oxygen atoms in total. The summed E-state index contributed by atoms with van der Waals surface area (Å²) in [5.74, 6) is 4.46. The lowest BCUT2D eigenvalue weighted by Gasteiger charge is -2.04. The first kappa shape index (κ1) is 13.0. The van der Waals surface area contributed by atoms with Gasteiger partial charge in [0.1, 0.15) is 6.61 Å². The molecule has 1 heterocycles. The normalized spacial score (nSPS) is 10.6. The fourth-order valence-electron chi connectivity index (χ4n) is 1.40. The van der Waals surface area contributed by atoms with Gasteiger partial charge in [-0.15, -0.1) is 0 Å². The van der Waals surface area contributed by atoms with Crippen molar-refractivity contribution in [3.63, 3.8) is 0 Å². The van der Waals surface area contributed by atoms with Gasteiger partial charge in [-0.3, -0.25) is 5.43 Å². The maximum absolute atomic E-state index is 13.3. The number of rotatable bonds is 5. The Morgan fingerprint density at radius 2 is 2.11 bits per heavy atom. The number of benzene rings is 1. The lowest BCUT2D eigenvalue weighted by atomic mass is 10.2. The molecule has 0 saturated carbocycles. The van der Waals surface area contributed by atoms with E-state index in [4.69, 9.17) is 10.6 Å². The summed E-state index contributed by atoms with van der Waals surface area (Å²) in [5, 5.41) is 0. The van der Waals surface area contributed by atoms with Crippen molar-refractivity contribution >= 4 is 12.0 Å². The van der Waals surface area contributed by atoms with E-state index in [1.165, 1.54) is 0 Å². The third kappa shape index (κ3) is 3.75. The van der Waals surface area contributed by atoms with Crippen LogP contribution in [0.5, 0.6) is 5.88 Å². The molecule has 3 N–H and O–H groups in total. The van der Waals surface area contributed by atoms with Crippen LogP contribution in [0.2, 0.25) is 0 Å². The maximum atomic E-state index is 13.3. The number of halogens is 1. The Bertz CT molecular complexity index is 560. The predicted molar refractivity (Wildman–Crippen MR) is 70.8 cm³/mol. The SMILES string of the molecule is NNc1ncc(F)c(OC/C=C/c2ccccc2)n1. The number of ether oxygens (including phenoxy) is 1. The Labute approximate surface area is 109 Å². The van der Waals surface area contributed by atoms with E-state index in [1.807, 2.05) is 36.4 Å². The third-order valence-electron chi connectivity index (χ3n) is 2.27. The summed E-state index contributed by atoms with van der Waals surface area (Å²) in [6.07, 6.45) is 4.64. The van der Waals surface area contributed by atoms with Gasteiger partial charge in [-0.25, -0.2) is 10.8 Å². The Hall–Kier alpha value is -2.47. The third-order valence-corrected chi connectivity index (χ3v) is 2.27. The minimum Gasteiger partial charge on any atom is -0.471 e. The molecule has 19 heavy (non-hydrogen) atoms.